The SMILES string of the molecule is COc1ccc(-c2cc(C(F)(F)F)ccc2C(=O)O)c(C(C)=O)c1. The van der Waals surface area contributed by atoms with Gasteiger partial charge in [-0.3, -0.25) is 4.79 Å². The zero-order chi connectivity index (χ0) is 18.1. The lowest BCUT2D eigenvalue weighted by Crippen LogP contribution is -2.09. The molecule has 0 aliphatic rings. The highest BCUT2D eigenvalue weighted by Gasteiger charge is 2.32. The summed E-state index contributed by atoms with van der Waals surface area (Å²) < 4.78 is 43.9. The number of aromatic carboxylic acids is 1. The Kier molecular flexibility index (Phi) is 4.64. The Bertz CT molecular complexity index is 810. The van der Waals surface area contributed by atoms with Crippen LogP contribution in [0.25, 0.3) is 11.1 Å². The highest BCUT2D eigenvalue weighted by atomic mass is 19.4. The molecule has 0 bridgehead atoms. The molecule has 0 amide bonds. The summed E-state index contributed by atoms with van der Waals surface area (Å²) in [5.41, 5.74) is -1.31. The number of hydrogen-bond acceptors (Lipinski definition) is 3. The van der Waals surface area contributed by atoms with Gasteiger partial charge in [-0.05, 0) is 54.4 Å². The van der Waals surface area contributed by atoms with Crippen molar-refractivity contribution in [3.8, 4) is 16.9 Å². The van der Waals surface area contributed by atoms with Crippen molar-refractivity contribution in [1.29, 1.82) is 0 Å². The highest BCUT2D eigenvalue weighted by molar-refractivity contribution is 6.05. The van der Waals surface area contributed by atoms with E-state index in [1.165, 1.54) is 32.2 Å². The van der Waals surface area contributed by atoms with Crippen molar-refractivity contribution in [2.24, 2.45) is 0 Å². The van der Waals surface area contributed by atoms with Gasteiger partial charge < -0.3 is 9.84 Å². The van der Waals surface area contributed by atoms with Crippen LogP contribution >= 0.6 is 0 Å². The van der Waals surface area contributed by atoms with Crippen molar-refractivity contribution in [2.75, 3.05) is 7.11 Å². The van der Waals surface area contributed by atoms with Crippen LogP contribution in [0.4, 0.5) is 13.2 Å². The van der Waals surface area contributed by atoms with E-state index in [1.54, 1.807) is 0 Å². The van der Waals surface area contributed by atoms with Gasteiger partial charge in [0.1, 0.15) is 5.75 Å². The zero-order valence-corrected chi connectivity index (χ0v) is 12.8. The van der Waals surface area contributed by atoms with Crippen LogP contribution in [0.2, 0.25) is 0 Å². The van der Waals surface area contributed by atoms with Crippen molar-refractivity contribution in [1.82, 2.24) is 0 Å². The van der Waals surface area contributed by atoms with Gasteiger partial charge in [-0.1, -0.05) is 0 Å². The smallest absolute Gasteiger partial charge is 0.416 e. The number of hydrogen-bond donors (Lipinski definition) is 1. The second-order valence-corrected chi connectivity index (χ2v) is 5.03. The average molecular weight is 338 g/mol. The number of Topliss-reactive ketones (excluding diaryl/α,β-unsaturated/α-hetero) is 1. The van der Waals surface area contributed by atoms with Gasteiger partial charge >= 0.3 is 12.1 Å². The van der Waals surface area contributed by atoms with Crippen LogP contribution in [-0.2, 0) is 6.18 Å². The molecular weight excluding hydrogens is 325 g/mol. The van der Waals surface area contributed by atoms with Gasteiger partial charge in [0.05, 0.1) is 18.2 Å². The molecule has 0 saturated heterocycles. The van der Waals surface area contributed by atoms with Crippen LogP contribution in [0.1, 0.15) is 33.2 Å². The molecule has 0 fully saturated rings. The third-order valence-electron chi connectivity index (χ3n) is 3.47. The van der Waals surface area contributed by atoms with E-state index in [4.69, 9.17) is 4.74 Å². The van der Waals surface area contributed by atoms with E-state index >= 15 is 0 Å². The molecular formula is C17H13F3O4. The second-order valence-electron chi connectivity index (χ2n) is 5.03. The normalized spacial score (nSPS) is 11.2. The molecule has 0 aromatic heterocycles. The number of carbonyl (C=O) groups is 2. The van der Waals surface area contributed by atoms with Crippen LogP contribution in [-0.4, -0.2) is 24.0 Å². The monoisotopic (exact) mass is 338 g/mol. The fraction of sp³-hybridized carbons (Fsp3) is 0.176. The quantitative estimate of drug-likeness (QED) is 0.845. The standard InChI is InChI=1S/C17H13F3O4/c1-9(21)14-8-11(24-2)4-6-12(14)15-7-10(17(18,19)20)3-5-13(15)16(22)23/h3-8H,1-2H3,(H,22,23). The molecule has 0 unspecified atom stereocenters. The molecule has 0 saturated carbocycles. The summed E-state index contributed by atoms with van der Waals surface area (Å²) in [6.45, 7) is 1.24. The van der Waals surface area contributed by atoms with Gasteiger partial charge in [0.25, 0.3) is 0 Å². The third-order valence-corrected chi connectivity index (χ3v) is 3.47. The molecule has 2 aromatic carbocycles. The van der Waals surface area contributed by atoms with Gasteiger partial charge in [-0.15, -0.1) is 0 Å². The number of carbonyl (C=O) groups excluding carboxylic acids is 1. The van der Waals surface area contributed by atoms with Crippen LogP contribution in [0, 0.1) is 0 Å². The molecule has 0 atom stereocenters. The van der Waals surface area contributed by atoms with E-state index in [1.807, 2.05) is 0 Å². The molecule has 2 rings (SSSR count). The van der Waals surface area contributed by atoms with Crippen molar-refractivity contribution < 1.29 is 32.6 Å². The minimum Gasteiger partial charge on any atom is -0.497 e. The van der Waals surface area contributed by atoms with Gasteiger partial charge in [-0.2, -0.15) is 13.2 Å². The van der Waals surface area contributed by atoms with E-state index < -0.39 is 23.5 Å². The summed E-state index contributed by atoms with van der Waals surface area (Å²) in [6, 6.07) is 6.50. The molecule has 1 N–H and O–H groups in total. The average Bonchev–Trinajstić information content (AvgIpc) is 2.52. The minimum absolute atomic E-state index is 0.0798. The van der Waals surface area contributed by atoms with Gasteiger partial charge in [-0.25, -0.2) is 4.79 Å². The molecule has 0 aliphatic heterocycles. The predicted octanol–water partition coefficient (Wildman–Crippen LogP) is 4.28. The highest BCUT2D eigenvalue weighted by Crippen LogP contribution is 2.36. The summed E-state index contributed by atoms with van der Waals surface area (Å²) in [5.74, 6) is -1.46. The van der Waals surface area contributed by atoms with E-state index in [2.05, 4.69) is 0 Å². The summed E-state index contributed by atoms with van der Waals surface area (Å²) in [7, 11) is 1.38. The summed E-state index contributed by atoms with van der Waals surface area (Å²) in [4.78, 5) is 23.2. The largest absolute Gasteiger partial charge is 0.497 e. The van der Waals surface area contributed by atoms with E-state index in [0.29, 0.717) is 11.8 Å². The fourth-order valence-corrected chi connectivity index (χ4v) is 2.31. The number of ketones is 1. The maximum atomic E-state index is 13.0. The first-order valence-electron chi connectivity index (χ1n) is 6.79. The first-order chi connectivity index (χ1) is 11.1. The lowest BCUT2D eigenvalue weighted by Gasteiger charge is -2.14. The molecule has 0 heterocycles. The molecule has 7 heteroatoms. The number of methoxy groups -OCH3 is 1. The first-order valence-corrected chi connectivity index (χ1v) is 6.79. The number of ether oxygens (including phenoxy) is 1. The van der Waals surface area contributed by atoms with Crippen LogP contribution in [0.15, 0.2) is 36.4 Å². The van der Waals surface area contributed by atoms with Crippen molar-refractivity contribution in [3.63, 3.8) is 0 Å². The Morgan fingerprint density at radius 2 is 1.67 bits per heavy atom. The maximum Gasteiger partial charge on any atom is 0.416 e. The Morgan fingerprint density at radius 3 is 2.17 bits per heavy atom. The van der Waals surface area contributed by atoms with E-state index in [0.717, 1.165) is 12.1 Å². The van der Waals surface area contributed by atoms with Crippen LogP contribution < -0.4 is 4.74 Å². The summed E-state index contributed by atoms with van der Waals surface area (Å²) in [5, 5.41) is 9.26. The first kappa shape index (κ1) is 17.5. The summed E-state index contributed by atoms with van der Waals surface area (Å²) >= 11 is 0. The van der Waals surface area contributed by atoms with Gasteiger partial charge in [0.15, 0.2) is 5.78 Å². The van der Waals surface area contributed by atoms with E-state index in [9.17, 15) is 27.9 Å². The number of benzene rings is 2. The molecule has 24 heavy (non-hydrogen) atoms. The van der Waals surface area contributed by atoms with Gasteiger partial charge in [0.2, 0.25) is 0 Å². The topological polar surface area (TPSA) is 63.6 Å². The van der Waals surface area contributed by atoms with Crippen molar-refractivity contribution in [2.45, 2.75) is 13.1 Å². The third kappa shape index (κ3) is 3.40. The molecule has 0 aliphatic carbocycles. The Balaban J connectivity index is 2.79. The molecule has 0 radical (unpaired) electrons. The molecule has 126 valence electrons. The number of alkyl halides is 3. The van der Waals surface area contributed by atoms with Crippen LogP contribution in [0.3, 0.4) is 0 Å². The predicted molar refractivity (Wildman–Crippen MR) is 80.4 cm³/mol. The minimum atomic E-state index is -4.63. The fourth-order valence-electron chi connectivity index (χ4n) is 2.31. The van der Waals surface area contributed by atoms with E-state index in [-0.39, 0.29) is 22.3 Å². The van der Waals surface area contributed by atoms with Crippen molar-refractivity contribution in [3.05, 3.63) is 53.1 Å². The zero-order valence-electron chi connectivity index (χ0n) is 12.8. The molecule has 2 aromatic rings. The van der Waals surface area contributed by atoms with Crippen LogP contribution in [0.5, 0.6) is 5.75 Å². The second kappa shape index (κ2) is 6.35. The Morgan fingerprint density at radius 1 is 1.00 bits per heavy atom. The lowest BCUT2D eigenvalue weighted by molar-refractivity contribution is -0.137. The molecule has 0 spiro atoms. The maximum absolute atomic E-state index is 13.0. The van der Waals surface area contributed by atoms with Crippen molar-refractivity contribution >= 4 is 11.8 Å². The molecule has 4 nitrogen and oxygen atoms in total. The lowest BCUT2D eigenvalue weighted by atomic mass is 9.92. The Hall–Kier alpha value is -2.83. The number of carboxylic acids is 1. The number of carboxylic acid groups (broad SMARTS) is 1. The Labute approximate surface area is 135 Å². The number of rotatable bonds is 4. The summed E-state index contributed by atoms with van der Waals surface area (Å²) in [6.07, 6.45) is -4.63. The number of halogens is 3. The van der Waals surface area contributed by atoms with Gasteiger partial charge in [0, 0.05) is 5.56 Å².